The van der Waals surface area contributed by atoms with E-state index in [1.807, 2.05) is 20.8 Å². The van der Waals surface area contributed by atoms with E-state index in [1.54, 1.807) is 6.07 Å². The summed E-state index contributed by atoms with van der Waals surface area (Å²) in [6.45, 7) is 5.90. The van der Waals surface area contributed by atoms with E-state index >= 15 is 0 Å². The van der Waals surface area contributed by atoms with E-state index in [0.29, 0.717) is 5.69 Å². The van der Waals surface area contributed by atoms with Gasteiger partial charge in [-0.15, -0.1) is 0 Å². The quantitative estimate of drug-likeness (QED) is 0.910. The Balaban J connectivity index is 2.20. The number of hydrogen-bond donors (Lipinski definition) is 1. The third-order valence-electron chi connectivity index (χ3n) is 2.69. The highest BCUT2D eigenvalue weighted by Crippen LogP contribution is 2.24. The summed E-state index contributed by atoms with van der Waals surface area (Å²) in [5.74, 6) is -1.12. The summed E-state index contributed by atoms with van der Waals surface area (Å²) in [6, 6.07) is 5.38. The van der Waals surface area contributed by atoms with Crippen LogP contribution in [0.1, 0.15) is 36.8 Å². The Morgan fingerprint density at radius 1 is 1.35 bits per heavy atom. The highest BCUT2D eigenvalue weighted by atomic mass is 35.5. The van der Waals surface area contributed by atoms with Crippen molar-refractivity contribution in [3.05, 3.63) is 46.4 Å². The average molecular weight is 297 g/mol. The zero-order valence-electron chi connectivity index (χ0n) is 11.3. The predicted molar refractivity (Wildman–Crippen MR) is 74.6 cm³/mol. The summed E-state index contributed by atoms with van der Waals surface area (Å²) in [7, 11) is 0. The fraction of sp³-hybridized carbons (Fsp3) is 0.286. The zero-order valence-corrected chi connectivity index (χ0v) is 12.1. The van der Waals surface area contributed by atoms with Gasteiger partial charge in [-0.25, -0.2) is 4.39 Å². The van der Waals surface area contributed by atoms with Gasteiger partial charge in [-0.05, 0) is 18.2 Å². The van der Waals surface area contributed by atoms with Crippen LogP contribution >= 0.6 is 11.6 Å². The fourth-order valence-corrected chi connectivity index (χ4v) is 1.71. The Kier molecular flexibility index (Phi) is 3.81. The maximum Gasteiger partial charge on any atom is 0.261 e. The van der Waals surface area contributed by atoms with E-state index in [-0.39, 0.29) is 21.9 Å². The molecule has 0 spiro atoms. The Morgan fingerprint density at radius 3 is 2.65 bits per heavy atom. The van der Waals surface area contributed by atoms with E-state index < -0.39 is 11.7 Å². The molecule has 4 nitrogen and oxygen atoms in total. The number of carbonyl (C=O) groups excluding carboxylic acids is 1. The van der Waals surface area contributed by atoms with Crippen molar-refractivity contribution in [2.45, 2.75) is 26.2 Å². The van der Waals surface area contributed by atoms with Gasteiger partial charge in [0.15, 0.2) is 0 Å². The molecule has 1 aromatic carbocycles. The number of benzene rings is 1. The van der Waals surface area contributed by atoms with E-state index in [4.69, 9.17) is 16.1 Å². The molecule has 1 aromatic heterocycles. The van der Waals surface area contributed by atoms with Gasteiger partial charge < -0.3 is 4.52 Å². The molecule has 2 rings (SSSR count). The molecular weight excluding hydrogens is 283 g/mol. The summed E-state index contributed by atoms with van der Waals surface area (Å²) in [4.78, 5) is 11.9. The number of carbonyl (C=O) groups is 1. The van der Waals surface area contributed by atoms with Crippen LogP contribution in [0.15, 0.2) is 28.8 Å². The maximum atomic E-state index is 13.6. The Morgan fingerprint density at radius 2 is 2.05 bits per heavy atom. The first-order valence-electron chi connectivity index (χ1n) is 6.01. The van der Waals surface area contributed by atoms with Crippen LogP contribution in [-0.2, 0) is 5.41 Å². The summed E-state index contributed by atoms with van der Waals surface area (Å²) < 4.78 is 18.6. The van der Waals surface area contributed by atoms with Gasteiger partial charge in [-0.1, -0.05) is 37.5 Å². The van der Waals surface area contributed by atoms with Crippen molar-refractivity contribution in [3.63, 3.8) is 0 Å². The summed E-state index contributed by atoms with van der Waals surface area (Å²) >= 11 is 5.75. The van der Waals surface area contributed by atoms with Gasteiger partial charge in [0.05, 0.1) is 11.3 Å². The SMILES string of the molecule is CC(C)(C)c1cc(NC(=O)c2cc(Cl)ccc2F)on1. The monoisotopic (exact) mass is 296 g/mol. The largest absolute Gasteiger partial charge is 0.338 e. The molecule has 0 bridgehead atoms. The van der Waals surface area contributed by atoms with Crippen molar-refractivity contribution in [3.8, 4) is 0 Å². The second kappa shape index (κ2) is 5.25. The standard InChI is InChI=1S/C14H14ClFN2O2/c1-14(2,3)11-7-12(20-18-11)17-13(19)9-6-8(15)4-5-10(9)16/h4-7H,1-3H3,(H,17,19). The smallest absolute Gasteiger partial charge is 0.261 e. The molecule has 2 aromatic rings. The van der Waals surface area contributed by atoms with E-state index in [2.05, 4.69) is 10.5 Å². The van der Waals surface area contributed by atoms with Gasteiger partial charge in [0.25, 0.3) is 5.91 Å². The van der Waals surface area contributed by atoms with Crippen molar-refractivity contribution < 1.29 is 13.7 Å². The minimum atomic E-state index is -0.650. The number of amides is 1. The molecule has 0 aliphatic carbocycles. The van der Waals surface area contributed by atoms with Crippen LogP contribution in [0.2, 0.25) is 5.02 Å². The number of nitrogens with zero attached hydrogens (tertiary/aromatic N) is 1. The van der Waals surface area contributed by atoms with Crippen molar-refractivity contribution in [2.24, 2.45) is 0 Å². The highest BCUT2D eigenvalue weighted by molar-refractivity contribution is 6.31. The number of nitrogens with one attached hydrogen (secondary N) is 1. The molecular formula is C14H14ClFN2O2. The molecule has 0 atom stereocenters. The van der Waals surface area contributed by atoms with Crippen molar-refractivity contribution in [2.75, 3.05) is 5.32 Å². The van der Waals surface area contributed by atoms with Crippen LogP contribution in [0.5, 0.6) is 0 Å². The third-order valence-corrected chi connectivity index (χ3v) is 2.92. The van der Waals surface area contributed by atoms with Gasteiger partial charge >= 0.3 is 0 Å². The van der Waals surface area contributed by atoms with Gasteiger partial charge in [-0.3, -0.25) is 10.1 Å². The lowest BCUT2D eigenvalue weighted by atomic mass is 9.92. The highest BCUT2D eigenvalue weighted by Gasteiger charge is 2.20. The molecule has 0 aliphatic rings. The van der Waals surface area contributed by atoms with Gasteiger partial charge in [0, 0.05) is 16.5 Å². The second-order valence-corrected chi connectivity index (χ2v) is 5.84. The summed E-state index contributed by atoms with van der Waals surface area (Å²) in [5.41, 5.74) is 0.346. The fourth-order valence-electron chi connectivity index (χ4n) is 1.54. The number of aromatic nitrogens is 1. The van der Waals surface area contributed by atoms with Gasteiger partial charge in [0.1, 0.15) is 5.82 Å². The van der Waals surface area contributed by atoms with Crippen LogP contribution in [0, 0.1) is 5.82 Å². The first-order valence-corrected chi connectivity index (χ1v) is 6.39. The first-order chi connectivity index (χ1) is 9.27. The van der Waals surface area contributed by atoms with Crippen LogP contribution in [0.3, 0.4) is 0 Å². The van der Waals surface area contributed by atoms with Crippen LogP contribution < -0.4 is 5.32 Å². The molecule has 6 heteroatoms. The van der Waals surface area contributed by atoms with E-state index in [9.17, 15) is 9.18 Å². The number of hydrogen-bond acceptors (Lipinski definition) is 3. The Hall–Kier alpha value is -1.88. The molecule has 1 amide bonds. The van der Waals surface area contributed by atoms with E-state index in [1.165, 1.54) is 12.1 Å². The van der Waals surface area contributed by atoms with Crippen molar-refractivity contribution in [1.82, 2.24) is 5.16 Å². The molecule has 0 unspecified atom stereocenters. The second-order valence-electron chi connectivity index (χ2n) is 5.40. The minimum absolute atomic E-state index is 0.147. The topological polar surface area (TPSA) is 55.1 Å². The number of rotatable bonds is 2. The molecule has 0 saturated heterocycles. The Bertz CT molecular complexity index is 647. The lowest BCUT2D eigenvalue weighted by Crippen LogP contribution is -2.13. The lowest BCUT2D eigenvalue weighted by Gasteiger charge is -2.12. The van der Waals surface area contributed by atoms with Crippen LogP contribution in [0.4, 0.5) is 10.3 Å². The molecule has 0 fully saturated rings. The molecule has 0 saturated carbocycles. The van der Waals surface area contributed by atoms with Gasteiger partial charge in [-0.2, -0.15) is 0 Å². The average Bonchev–Trinajstić information content (AvgIpc) is 2.80. The maximum absolute atomic E-state index is 13.6. The number of halogens is 2. The zero-order chi connectivity index (χ0) is 14.9. The molecule has 0 radical (unpaired) electrons. The molecule has 1 heterocycles. The first kappa shape index (κ1) is 14.5. The van der Waals surface area contributed by atoms with E-state index in [0.717, 1.165) is 6.07 Å². The molecule has 106 valence electrons. The predicted octanol–water partition coefficient (Wildman–Crippen LogP) is 4.02. The Labute approximate surface area is 120 Å². The number of anilines is 1. The van der Waals surface area contributed by atoms with Crippen LogP contribution in [0.25, 0.3) is 0 Å². The van der Waals surface area contributed by atoms with Crippen LogP contribution in [-0.4, -0.2) is 11.1 Å². The third kappa shape index (κ3) is 3.17. The molecule has 1 N–H and O–H groups in total. The molecule has 20 heavy (non-hydrogen) atoms. The minimum Gasteiger partial charge on any atom is -0.338 e. The summed E-state index contributed by atoms with van der Waals surface area (Å²) in [6.07, 6.45) is 0. The van der Waals surface area contributed by atoms with Crippen molar-refractivity contribution in [1.29, 1.82) is 0 Å². The lowest BCUT2D eigenvalue weighted by molar-refractivity contribution is 0.102. The normalized spacial score (nSPS) is 11.4. The van der Waals surface area contributed by atoms with Gasteiger partial charge in [0.2, 0.25) is 5.88 Å². The summed E-state index contributed by atoms with van der Waals surface area (Å²) in [5, 5.41) is 6.60. The van der Waals surface area contributed by atoms with Crippen molar-refractivity contribution >= 4 is 23.4 Å². The molecule has 0 aliphatic heterocycles.